The summed E-state index contributed by atoms with van der Waals surface area (Å²) in [6, 6.07) is 6.20. The van der Waals surface area contributed by atoms with Crippen molar-refractivity contribution in [2.45, 2.75) is 46.5 Å². The first-order valence-corrected chi connectivity index (χ1v) is 9.67. The topological polar surface area (TPSA) is 128 Å². The first-order chi connectivity index (χ1) is 13.7. The molecule has 0 aliphatic carbocycles. The molecule has 8 heteroatoms. The molecule has 1 aliphatic heterocycles. The molecule has 2 amide bonds. The number of Topliss-reactive ketones (excluding diaryl/α,β-unsaturated/α-hetero) is 2. The van der Waals surface area contributed by atoms with Gasteiger partial charge in [0.25, 0.3) is 5.91 Å². The second-order valence-electron chi connectivity index (χ2n) is 7.69. The molecule has 8 nitrogen and oxygen atoms in total. The zero-order valence-electron chi connectivity index (χ0n) is 17.0. The Kier molecular flexibility index (Phi) is 7.39. The van der Waals surface area contributed by atoms with Crippen LogP contribution in [0.2, 0.25) is 0 Å². The van der Waals surface area contributed by atoms with E-state index in [1.54, 1.807) is 26.0 Å². The Balaban J connectivity index is 2.46. The van der Waals surface area contributed by atoms with Crippen molar-refractivity contribution in [1.29, 1.82) is 0 Å². The molecule has 0 fully saturated rings. The lowest BCUT2D eigenvalue weighted by molar-refractivity contribution is -0.116. The van der Waals surface area contributed by atoms with Crippen molar-refractivity contribution in [3.63, 3.8) is 0 Å². The Bertz CT molecular complexity index is 844. The molecule has 0 aromatic heterocycles. The van der Waals surface area contributed by atoms with Crippen LogP contribution in [0.15, 0.2) is 29.3 Å². The number of hydrazine groups is 1. The molecule has 1 aromatic carbocycles. The van der Waals surface area contributed by atoms with Crippen LogP contribution in [0.4, 0.5) is 4.79 Å². The number of nitrogens with one attached hydrogen (secondary N) is 1. The molecule has 29 heavy (non-hydrogen) atoms. The van der Waals surface area contributed by atoms with E-state index >= 15 is 0 Å². The fourth-order valence-corrected chi connectivity index (χ4v) is 3.28. The molecule has 1 aromatic rings. The lowest BCUT2D eigenvalue weighted by atomic mass is 9.77. The van der Waals surface area contributed by atoms with E-state index in [4.69, 9.17) is 10.6 Å². The quantitative estimate of drug-likeness (QED) is 0.163. The zero-order chi connectivity index (χ0) is 21.6. The number of rotatable bonds is 9. The molecular weight excluding hydrogens is 374 g/mol. The van der Waals surface area contributed by atoms with E-state index in [-0.39, 0.29) is 23.4 Å². The van der Waals surface area contributed by atoms with Crippen LogP contribution in [-0.2, 0) is 9.53 Å². The van der Waals surface area contributed by atoms with Gasteiger partial charge in [0.05, 0.1) is 11.5 Å². The van der Waals surface area contributed by atoms with E-state index in [1.807, 2.05) is 12.3 Å². The van der Waals surface area contributed by atoms with Crippen LogP contribution in [-0.4, -0.2) is 35.9 Å². The third kappa shape index (κ3) is 5.14. The summed E-state index contributed by atoms with van der Waals surface area (Å²) in [7, 11) is 0. The molecule has 1 heterocycles. The number of hydrogen-bond donors (Lipinski definition) is 2. The number of unbranched alkanes of at least 4 members (excludes halogenated alkanes) is 2. The predicted octanol–water partition coefficient (Wildman–Crippen LogP) is 2.86. The van der Waals surface area contributed by atoms with Gasteiger partial charge in [0.1, 0.15) is 12.3 Å². The van der Waals surface area contributed by atoms with Gasteiger partial charge in [-0.05, 0) is 12.5 Å². The Morgan fingerprint density at radius 2 is 1.83 bits per heavy atom. The smallest absolute Gasteiger partial charge is 0.433 e. The van der Waals surface area contributed by atoms with Crippen LogP contribution in [0.1, 0.15) is 67.2 Å². The van der Waals surface area contributed by atoms with Crippen LogP contribution in [0.5, 0.6) is 0 Å². The number of ether oxygens (including phenoxy) is 1. The monoisotopic (exact) mass is 401 g/mol. The lowest BCUT2D eigenvalue weighted by Gasteiger charge is -2.30. The molecule has 156 valence electrons. The number of benzene rings is 1. The van der Waals surface area contributed by atoms with Crippen molar-refractivity contribution in [2.75, 3.05) is 6.61 Å². The number of hydrogen-bond acceptors (Lipinski definition) is 6. The highest BCUT2D eigenvalue weighted by Gasteiger charge is 2.41. The van der Waals surface area contributed by atoms with Crippen LogP contribution in [0.25, 0.3) is 0 Å². The molecule has 0 saturated heterocycles. The number of carbonyl (C=O) groups is 4. The molecule has 0 radical (unpaired) electrons. The van der Waals surface area contributed by atoms with Crippen molar-refractivity contribution >= 4 is 29.3 Å². The van der Waals surface area contributed by atoms with Crippen LogP contribution >= 0.6 is 0 Å². The van der Waals surface area contributed by atoms with Gasteiger partial charge in [-0.3, -0.25) is 19.8 Å². The standard InChI is InChI=1S/C21H27N3O5/c1-4-5-6-11-15(17(26)18-21(2,3)12-29-20(28)23-18)16(25)13-9-7-8-10-14(13)19(27)24-22/h7-10,15H,4-6,11-12,22H2,1-3H3,(H,24,27)/t15-/m0/s1. The van der Waals surface area contributed by atoms with E-state index < -0.39 is 34.9 Å². The van der Waals surface area contributed by atoms with Crippen LogP contribution in [0.3, 0.4) is 0 Å². The highest BCUT2D eigenvalue weighted by Crippen LogP contribution is 2.28. The maximum Gasteiger partial charge on any atom is 0.433 e. The molecule has 2 rings (SSSR count). The molecule has 3 N–H and O–H groups in total. The van der Waals surface area contributed by atoms with Gasteiger partial charge in [-0.2, -0.15) is 4.99 Å². The van der Waals surface area contributed by atoms with E-state index in [2.05, 4.69) is 4.99 Å². The van der Waals surface area contributed by atoms with Gasteiger partial charge >= 0.3 is 6.09 Å². The second-order valence-corrected chi connectivity index (χ2v) is 7.69. The summed E-state index contributed by atoms with van der Waals surface area (Å²) in [5, 5.41) is 0. The maximum absolute atomic E-state index is 13.3. The fourth-order valence-electron chi connectivity index (χ4n) is 3.28. The van der Waals surface area contributed by atoms with Crippen molar-refractivity contribution in [1.82, 2.24) is 5.43 Å². The Morgan fingerprint density at radius 1 is 1.17 bits per heavy atom. The summed E-state index contributed by atoms with van der Waals surface area (Å²) in [6.07, 6.45) is 1.88. The molecule has 0 unspecified atom stereocenters. The fraction of sp³-hybridized carbons (Fsp3) is 0.476. The minimum absolute atomic E-state index is 0.0123. The summed E-state index contributed by atoms with van der Waals surface area (Å²) in [5.41, 5.74) is 1.45. The average molecular weight is 401 g/mol. The normalized spacial score (nSPS) is 16.4. The van der Waals surface area contributed by atoms with Crippen molar-refractivity contribution in [3.8, 4) is 0 Å². The number of cyclic esters (lactones) is 1. The van der Waals surface area contributed by atoms with E-state index in [0.29, 0.717) is 12.8 Å². The van der Waals surface area contributed by atoms with Gasteiger partial charge in [0.15, 0.2) is 11.6 Å². The molecule has 1 aliphatic rings. The first-order valence-electron chi connectivity index (χ1n) is 9.67. The predicted molar refractivity (Wildman–Crippen MR) is 108 cm³/mol. The highest BCUT2D eigenvalue weighted by atomic mass is 16.5. The minimum Gasteiger partial charge on any atom is -0.447 e. The van der Waals surface area contributed by atoms with Crippen LogP contribution < -0.4 is 11.3 Å². The largest absolute Gasteiger partial charge is 0.447 e. The van der Waals surface area contributed by atoms with Gasteiger partial charge in [0, 0.05) is 11.0 Å². The first kappa shape index (κ1) is 22.4. The number of nitrogens with zero attached hydrogens (tertiary/aromatic N) is 1. The second kappa shape index (κ2) is 9.56. The van der Waals surface area contributed by atoms with Gasteiger partial charge < -0.3 is 4.74 Å². The van der Waals surface area contributed by atoms with Gasteiger partial charge in [-0.1, -0.05) is 58.2 Å². The van der Waals surface area contributed by atoms with Gasteiger partial charge in [-0.15, -0.1) is 0 Å². The van der Waals surface area contributed by atoms with E-state index in [1.165, 1.54) is 12.1 Å². The third-order valence-corrected chi connectivity index (χ3v) is 4.93. The summed E-state index contributed by atoms with van der Waals surface area (Å²) < 4.78 is 4.93. The number of nitrogen functional groups attached to an aromatic ring is 1. The van der Waals surface area contributed by atoms with Gasteiger partial charge in [-0.25, -0.2) is 10.6 Å². The lowest BCUT2D eigenvalue weighted by Crippen LogP contribution is -2.44. The highest BCUT2D eigenvalue weighted by molar-refractivity contribution is 6.47. The minimum atomic E-state index is -1.04. The zero-order valence-corrected chi connectivity index (χ0v) is 17.0. The third-order valence-electron chi connectivity index (χ3n) is 4.93. The number of aliphatic imine (C=N–C) groups is 1. The molecule has 0 bridgehead atoms. The Labute approximate surface area is 169 Å². The molecule has 0 saturated carbocycles. The summed E-state index contributed by atoms with van der Waals surface area (Å²) in [5.74, 6) is 2.58. The summed E-state index contributed by atoms with van der Waals surface area (Å²) in [6.45, 7) is 5.50. The molecule has 1 atom stereocenters. The van der Waals surface area contributed by atoms with Crippen LogP contribution in [0, 0.1) is 11.3 Å². The van der Waals surface area contributed by atoms with Crippen molar-refractivity contribution < 1.29 is 23.9 Å². The number of carbonyl (C=O) groups excluding carboxylic acids is 4. The Morgan fingerprint density at radius 3 is 2.45 bits per heavy atom. The van der Waals surface area contributed by atoms with Crippen molar-refractivity contribution in [2.24, 2.45) is 22.2 Å². The Hall–Kier alpha value is -2.87. The molecular formula is C21H27N3O5. The number of amides is 2. The van der Waals surface area contributed by atoms with Crippen molar-refractivity contribution in [3.05, 3.63) is 35.4 Å². The number of ketones is 2. The number of nitrogens with two attached hydrogens (primary N) is 1. The van der Waals surface area contributed by atoms with E-state index in [0.717, 1.165) is 12.8 Å². The average Bonchev–Trinajstić information content (AvgIpc) is 2.71. The SMILES string of the molecule is CCCCC[C@H](C(=O)C1=NC(=O)OCC1(C)C)C(=O)c1ccccc1C(=O)NN. The summed E-state index contributed by atoms with van der Waals surface area (Å²) >= 11 is 0. The summed E-state index contributed by atoms with van der Waals surface area (Å²) in [4.78, 5) is 54.2. The van der Waals surface area contributed by atoms with Gasteiger partial charge in [0.2, 0.25) is 0 Å². The maximum atomic E-state index is 13.3. The molecule has 0 spiro atoms. The van der Waals surface area contributed by atoms with E-state index in [9.17, 15) is 19.2 Å².